The van der Waals surface area contributed by atoms with Gasteiger partial charge in [0.1, 0.15) is 0 Å². The van der Waals surface area contributed by atoms with Gasteiger partial charge in [0.25, 0.3) is 0 Å². The minimum absolute atomic E-state index is 0.0263. The number of benzene rings is 1. The van der Waals surface area contributed by atoms with Gasteiger partial charge in [0.2, 0.25) is 5.91 Å². The van der Waals surface area contributed by atoms with Crippen LogP contribution in [-0.2, 0) is 15.3 Å². The number of hydrogen-bond donors (Lipinski definition) is 1. The van der Waals surface area contributed by atoms with Gasteiger partial charge in [0.05, 0.1) is 11.4 Å². The van der Waals surface area contributed by atoms with Crippen molar-refractivity contribution in [2.24, 2.45) is 0 Å². The van der Waals surface area contributed by atoms with Crippen molar-refractivity contribution in [3.8, 4) is 0 Å². The first kappa shape index (κ1) is 14.4. The number of amides is 1. The molecule has 104 valence electrons. The first-order chi connectivity index (χ1) is 9.25. The molecule has 0 unspecified atom stereocenters. The first-order valence-electron chi connectivity index (χ1n) is 6.80. The molecule has 0 saturated carbocycles. The van der Waals surface area contributed by atoms with Crippen LogP contribution in [0.25, 0.3) is 0 Å². The van der Waals surface area contributed by atoms with Crippen molar-refractivity contribution < 1.29 is 9.53 Å². The molecular weight excluding hydrogens is 258 g/mol. The van der Waals surface area contributed by atoms with Gasteiger partial charge in [0.15, 0.2) is 0 Å². The van der Waals surface area contributed by atoms with E-state index in [1.165, 1.54) is 5.56 Å². The molecule has 1 aromatic rings. The number of rotatable bonds is 6. The van der Waals surface area contributed by atoms with E-state index in [4.69, 9.17) is 4.74 Å². The van der Waals surface area contributed by atoms with E-state index >= 15 is 0 Å². The summed E-state index contributed by atoms with van der Waals surface area (Å²) in [6, 6.07) is 10.2. The quantitative estimate of drug-likeness (QED) is 0.870. The summed E-state index contributed by atoms with van der Waals surface area (Å²) in [5.41, 5.74) is 1.26. The zero-order valence-electron chi connectivity index (χ0n) is 11.3. The molecule has 3 nitrogen and oxygen atoms in total. The Morgan fingerprint density at radius 2 is 2.26 bits per heavy atom. The molecule has 1 saturated heterocycles. The molecule has 1 aliphatic rings. The highest BCUT2D eigenvalue weighted by Gasteiger charge is 2.18. The van der Waals surface area contributed by atoms with Crippen LogP contribution in [0, 0.1) is 0 Å². The molecular formula is C15H21NO2S. The second-order valence-electron chi connectivity index (χ2n) is 4.82. The summed E-state index contributed by atoms with van der Waals surface area (Å²) < 4.78 is 5.49. The molecule has 19 heavy (non-hydrogen) atoms. The zero-order chi connectivity index (χ0) is 13.5. The van der Waals surface area contributed by atoms with Crippen molar-refractivity contribution in [2.45, 2.75) is 36.9 Å². The van der Waals surface area contributed by atoms with Crippen LogP contribution in [0.5, 0.6) is 0 Å². The first-order valence-corrected chi connectivity index (χ1v) is 7.85. The summed E-state index contributed by atoms with van der Waals surface area (Å²) in [4.78, 5) is 11.9. The third-order valence-electron chi connectivity index (χ3n) is 3.24. The summed E-state index contributed by atoms with van der Waals surface area (Å²) in [6.07, 6.45) is 2.39. The molecule has 0 aliphatic carbocycles. The number of carbonyl (C=O) groups excluding carboxylic acids is 1. The topological polar surface area (TPSA) is 38.3 Å². The van der Waals surface area contributed by atoms with Crippen LogP contribution in [0.3, 0.4) is 0 Å². The molecule has 1 aliphatic heterocycles. The molecule has 1 amide bonds. The minimum atomic E-state index is -0.0263. The molecule has 2 atom stereocenters. The summed E-state index contributed by atoms with van der Waals surface area (Å²) in [5, 5.41) is 2.95. The van der Waals surface area contributed by atoms with Crippen molar-refractivity contribution in [1.82, 2.24) is 5.32 Å². The normalized spacial score (nSPS) is 20.2. The summed E-state index contributed by atoms with van der Waals surface area (Å²) in [7, 11) is 0. The Labute approximate surface area is 119 Å². The lowest BCUT2D eigenvalue weighted by atomic mass is 10.2. The second kappa shape index (κ2) is 7.56. The van der Waals surface area contributed by atoms with E-state index in [2.05, 4.69) is 17.4 Å². The van der Waals surface area contributed by atoms with E-state index in [0.717, 1.165) is 25.2 Å². The summed E-state index contributed by atoms with van der Waals surface area (Å²) in [6.45, 7) is 3.44. The van der Waals surface area contributed by atoms with Gasteiger partial charge in [-0.1, -0.05) is 30.3 Å². The maximum absolute atomic E-state index is 11.9. The van der Waals surface area contributed by atoms with Crippen LogP contribution >= 0.6 is 11.8 Å². The van der Waals surface area contributed by atoms with Gasteiger partial charge in [-0.2, -0.15) is 0 Å². The number of carbonyl (C=O) groups is 1. The maximum atomic E-state index is 11.9. The van der Waals surface area contributed by atoms with E-state index in [9.17, 15) is 4.79 Å². The van der Waals surface area contributed by atoms with Crippen LogP contribution in [0.1, 0.15) is 25.3 Å². The Bertz CT molecular complexity index is 390. The van der Waals surface area contributed by atoms with Crippen molar-refractivity contribution in [3.63, 3.8) is 0 Å². The lowest BCUT2D eigenvalue weighted by Crippen LogP contribution is -2.36. The van der Waals surface area contributed by atoms with Crippen LogP contribution in [0.2, 0.25) is 0 Å². The number of ether oxygens (including phenoxy) is 1. The fourth-order valence-corrected chi connectivity index (χ4v) is 2.90. The van der Waals surface area contributed by atoms with Crippen molar-refractivity contribution in [1.29, 1.82) is 0 Å². The summed E-state index contributed by atoms with van der Waals surface area (Å²) >= 11 is 1.67. The third kappa shape index (κ3) is 4.88. The maximum Gasteiger partial charge on any atom is 0.232 e. The van der Waals surface area contributed by atoms with Crippen LogP contribution in [0.4, 0.5) is 0 Å². The molecule has 1 N–H and O–H groups in total. The van der Waals surface area contributed by atoms with E-state index in [1.807, 2.05) is 25.1 Å². The lowest BCUT2D eigenvalue weighted by molar-refractivity contribution is -0.120. The number of thioether (sulfide) groups is 1. The standard InChI is InChI=1S/C15H21NO2S/c1-12(19-11-13-6-3-2-4-7-13)15(17)16-10-14-8-5-9-18-14/h2-4,6-7,12,14H,5,8-11H2,1H3,(H,16,17)/t12-,14-/m1/s1. The number of nitrogens with one attached hydrogen (secondary N) is 1. The SMILES string of the molecule is C[C@@H](SCc1ccccc1)C(=O)NC[C@H]1CCCO1. The highest BCUT2D eigenvalue weighted by molar-refractivity contribution is 7.99. The predicted octanol–water partition coefficient (Wildman–Crippen LogP) is 2.60. The highest BCUT2D eigenvalue weighted by Crippen LogP contribution is 2.18. The Kier molecular flexibility index (Phi) is 5.73. The molecule has 1 aromatic carbocycles. The zero-order valence-corrected chi connectivity index (χ0v) is 12.1. The predicted molar refractivity (Wildman–Crippen MR) is 79.2 cm³/mol. The molecule has 1 heterocycles. The van der Waals surface area contributed by atoms with Gasteiger partial charge < -0.3 is 10.1 Å². The molecule has 0 aromatic heterocycles. The Hall–Kier alpha value is -1.00. The van der Waals surface area contributed by atoms with Gasteiger partial charge in [-0.15, -0.1) is 11.8 Å². The largest absolute Gasteiger partial charge is 0.376 e. The van der Waals surface area contributed by atoms with Crippen LogP contribution < -0.4 is 5.32 Å². The van der Waals surface area contributed by atoms with E-state index < -0.39 is 0 Å². The van der Waals surface area contributed by atoms with Crippen molar-refractivity contribution in [2.75, 3.05) is 13.2 Å². The second-order valence-corrected chi connectivity index (χ2v) is 6.15. The van der Waals surface area contributed by atoms with E-state index in [1.54, 1.807) is 11.8 Å². The Morgan fingerprint density at radius 1 is 1.47 bits per heavy atom. The molecule has 0 bridgehead atoms. The fraction of sp³-hybridized carbons (Fsp3) is 0.533. The van der Waals surface area contributed by atoms with E-state index in [0.29, 0.717) is 6.54 Å². The molecule has 0 radical (unpaired) electrons. The molecule has 1 fully saturated rings. The molecule has 2 rings (SSSR count). The van der Waals surface area contributed by atoms with Crippen LogP contribution in [0.15, 0.2) is 30.3 Å². The van der Waals surface area contributed by atoms with Gasteiger partial charge in [-0.05, 0) is 25.3 Å². The fourth-order valence-electron chi connectivity index (χ4n) is 2.03. The van der Waals surface area contributed by atoms with Crippen molar-refractivity contribution >= 4 is 17.7 Å². The average Bonchev–Trinajstić information content (AvgIpc) is 2.96. The molecule has 0 spiro atoms. The number of hydrogen-bond acceptors (Lipinski definition) is 3. The van der Waals surface area contributed by atoms with E-state index in [-0.39, 0.29) is 17.3 Å². The third-order valence-corrected chi connectivity index (χ3v) is 4.45. The Morgan fingerprint density at radius 3 is 2.95 bits per heavy atom. The average molecular weight is 279 g/mol. The monoisotopic (exact) mass is 279 g/mol. The summed E-state index contributed by atoms with van der Waals surface area (Å²) in [5.74, 6) is 0.978. The molecule has 4 heteroatoms. The van der Waals surface area contributed by atoms with Gasteiger partial charge >= 0.3 is 0 Å². The lowest BCUT2D eigenvalue weighted by Gasteiger charge is -2.14. The van der Waals surface area contributed by atoms with Gasteiger partial charge in [0, 0.05) is 18.9 Å². The Balaban J connectivity index is 1.67. The van der Waals surface area contributed by atoms with Crippen LogP contribution in [-0.4, -0.2) is 30.4 Å². The van der Waals surface area contributed by atoms with Gasteiger partial charge in [-0.3, -0.25) is 4.79 Å². The smallest absolute Gasteiger partial charge is 0.232 e. The highest BCUT2D eigenvalue weighted by atomic mass is 32.2. The minimum Gasteiger partial charge on any atom is -0.376 e. The van der Waals surface area contributed by atoms with Crippen molar-refractivity contribution in [3.05, 3.63) is 35.9 Å². The van der Waals surface area contributed by atoms with Gasteiger partial charge in [-0.25, -0.2) is 0 Å².